The lowest BCUT2D eigenvalue weighted by Gasteiger charge is -2.35. The van der Waals surface area contributed by atoms with E-state index in [1.165, 1.54) is 11.1 Å². The van der Waals surface area contributed by atoms with E-state index in [0.717, 1.165) is 35.2 Å². The zero-order valence-corrected chi connectivity index (χ0v) is 15.4. The van der Waals surface area contributed by atoms with Gasteiger partial charge in [-0.05, 0) is 38.8 Å². The van der Waals surface area contributed by atoms with Crippen LogP contribution in [-0.4, -0.2) is 29.2 Å². The molecule has 0 radical (unpaired) electrons. The highest BCUT2D eigenvalue weighted by molar-refractivity contribution is 6.21. The van der Waals surface area contributed by atoms with Crippen LogP contribution in [0.1, 0.15) is 44.7 Å². The summed E-state index contributed by atoms with van der Waals surface area (Å²) < 4.78 is 5.97. The van der Waals surface area contributed by atoms with E-state index in [2.05, 4.69) is 38.7 Å². The summed E-state index contributed by atoms with van der Waals surface area (Å²) in [6.45, 7) is 10.2. The van der Waals surface area contributed by atoms with Gasteiger partial charge in [-0.3, -0.25) is 0 Å². The molecule has 4 heteroatoms. The van der Waals surface area contributed by atoms with E-state index in [9.17, 15) is 5.11 Å². The van der Waals surface area contributed by atoms with Crippen molar-refractivity contribution in [1.29, 1.82) is 0 Å². The van der Waals surface area contributed by atoms with Crippen molar-refractivity contribution in [2.45, 2.75) is 50.9 Å². The molecule has 24 heavy (non-hydrogen) atoms. The lowest BCUT2D eigenvalue weighted by Crippen LogP contribution is -2.41. The zero-order valence-electron chi connectivity index (χ0n) is 14.7. The summed E-state index contributed by atoms with van der Waals surface area (Å²) in [6, 6.07) is 6.00. The Kier molecular flexibility index (Phi) is 3.44. The lowest BCUT2D eigenvalue weighted by molar-refractivity contribution is 0.360. The SMILES string of the molecule is C[C@@H](Cl)[C@@H]1CN(C(C)(C)C)c2cc(O)c3ccc4c(c3c21)OCC4. The summed E-state index contributed by atoms with van der Waals surface area (Å²) in [5, 5.41) is 12.6. The van der Waals surface area contributed by atoms with Crippen molar-refractivity contribution in [1.82, 2.24) is 0 Å². The van der Waals surface area contributed by atoms with E-state index in [-0.39, 0.29) is 16.8 Å². The number of anilines is 1. The highest BCUT2D eigenvalue weighted by Crippen LogP contribution is 2.52. The van der Waals surface area contributed by atoms with Gasteiger partial charge >= 0.3 is 0 Å². The van der Waals surface area contributed by atoms with Gasteiger partial charge in [0.1, 0.15) is 11.5 Å². The van der Waals surface area contributed by atoms with Gasteiger partial charge in [0.2, 0.25) is 0 Å². The molecule has 0 fully saturated rings. The number of halogens is 1. The topological polar surface area (TPSA) is 32.7 Å². The Balaban J connectivity index is 2.09. The van der Waals surface area contributed by atoms with Crippen molar-refractivity contribution in [3.05, 3.63) is 29.3 Å². The summed E-state index contributed by atoms with van der Waals surface area (Å²) in [6.07, 6.45) is 0.930. The van der Waals surface area contributed by atoms with Crippen LogP contribution in [0, 0.1) is 0 Å². The van der Waals surface area contributed by atoms with Crippen LogP contribution >= 0.6 is 11.6 Å². The second-order valence-corrected chi connectivity index (χ2v) is 8.66. The van der Waals surface area contributed by atoms with Crippen molar-refractivity contribution >= 4 is 28.1 Å². The van der Waals surface area contributed by atoms with Crippen LogP contribution in [0.25, 0.3) is 10.8 Å². The monoisotopic (exact) mass is 345 g/mol. The number of phenols is 1. The van der Waals surface area contributed by atoms with Gasteiger partial charge in [0.15, 0.2) is 0 Å². The summed E-state index contributed by atoms with van der Waals surface area (Å²) in [4.78, 5) is 2.36. The van der Waals surface area contributed by atoms with E-state index in [1.54, 1.807) is 0 Å². The molecule has 2 atom stereocenters. The summed E-state index contributed by atoms with van der Waals surface area (Å²) >= 11 is 6.59. The molecular formula is C20H24ClNO2. The molecule has 2 aromatic carbocycles. The highest BCUT2D eigenvalue weighted by atomic mass is 35.5. The summed E-state index contributed by atoms with van der Waals surface area (Å²) in [5.74, 6) is 1.48. The molecule has 0 amide bonds. The van der Waals surface area contributed by atoms with Crippen LogP contribution < -0.4 is 9.64 Å². The molecule has 2 heterocycles. The first-order chi connectivity index (χ1) is 11.3. The van der Waals surface area contributed by atoms with E-state index in [0.29, 0.717) is 12.4 Å². The minimum Gasteiger partial charge on any atom is -0.507 e. The number of fused-ring (bicyclic) bond motifs is 5. The first-order valence-corrected chi connectivity index (χ1v) is 9.08. The average Bonchev–Trinajstić information content (AvgIpc) is 3.09. The van der Waals surface area contributed by atoms with E-state index in [1.807, 2.05) is 12.1 Å². The number of alkyl halides is 1. The standard InChI is InChI=1S/C20H24ClNO2/c1-11(21)14-10-22(20(2,3)4)15-9-16(23)13-6-5-12-7-8-24-19(12)18(13)17(14)15/h5-6,9,11,14,23H,7-8,10H2,1-4H3/t11-,14+/m1/s1. The first-order valence-electron chi connectivity index (χ1n) is 8.65. The Morgan fingerprint density at radius 3 is 2.75 bits per heavy atom. The Labute approximate surface area is 148 Å². The molecular weight excluding hydrogens is 322 g/mol. The Hall–Kier alpha value is -1.61. The normalized spacial score (nSPS) is 20.9. The number of hydrogen-bond acceptors (Lipinski definition) is 3. The molecule has 0 aromatic heterocycles. The molecule has 2 aliphatic heterocycles. The van der Waals surface area contributed by atoms with Crippen molar-refractivity contribution in [3.63, 3.8) is 0 Å². The average molecular weight is 346 g/mol. The molecule has 3 nitrogen and oxygen atoms in total. The largest absolute Gasteiger partial charge is 0.507 e. The number of phenolic OH excluding ortho intramolecular Hbond substituents is 1. The van der Waals surface area contributed by atoms with Crippen LogP contribution in [0.15, 0.2) is 18.2 Å². The van der Waals surface area contributed by atoms with Crippen LogP contribution in [0.5, 0.6) is 11.5 Å². The van der Waals surface area contributed by atoms with Gasteiger partial charge in [-0.2, -0.15) is 0 Å². The number of ether oxygens (including phenoxy) is 1. The summed E-state index contributed by atoms with van der Waals surface area (Å²) in [5.41, 5.74) is 3.52. The minimum atomic E-state index is -0.0335. The van der Waals surface area contributed by atoms with Crippen molar-refractivity contribution in [3.8, 4) is 11.5 Å². The van der Waals surface area contributed by atoms with Crippen LogP contribution in [0.3, 0.4) is 0 Å². The number of nitrogens with zero attached hydrogens (tertiary/aromatic N) is 1. The highest BCUT2D eigenvalue weighted by Gasteiger charge is 2.39. The predicted octanol–water partition coefficient (Wildman–Crippen LogP) is 4.81. The summed E-state index contributed by atoms with van der Waals surface area (Å²) in [7, 11) is 0. The molecule has 0 saturated heterocycles. The van der Waals surface area contributed by atoms with Crippen molar-refractivity contribution < 1.29 is 9.84 Å². The van der Waals surface area contributed by atoms with Gasteiger partial charge in [-0.15, -0.1) is 11.6 Å². The second-order valence-electron chi connectivity index (χ2n) is 7.97. The maximum atomic E-state index is 10.7. The molecule has 1 N–H and O–H groups in total. The molecule has 0 spiro atoms. The fraction of sp³-hybridized carbons (Fsp3) is 0.500. The predicted molar refractivity (Wildman–Crippen MR) is 100.0 cm³/mol. The molecule has 0 saturated carbocycles. The number of benzene rings is 2. The first kappa shape index (κ1) is 15.9. The third kappa shape index (κ3) is 2.17. The molecule has 128 valence electrons. The fourth-order valence-electron chi connectivity index (χ4n) is 4.14. The molecule has 2 aromatic rings. The van der Waals surface area contributed by atoms with Gasteiger partial charge < -0.3 is 14.7 Å². The van der Waals surface area contributed by atoms with E-state index >= 15 is 0 Å². The fourth-order valence-corrected chi connectivity index (χ4v) is 4.35. The number of rotatable bonds is 1. The maximum absolute atomic E-state index is 10.7. The number of aromatic hydroxyl groups is 1. The quantitative estimate of drug-likeness (QED) is 0.753. The number of hydrogen-bond donors (Lipinski definition) is 1. The van der Waals surface area contributed by atoms with Crippen LogP contribution in [0.4, 0.5) is 5.69 Å². The van der Waals surface area contributed by atoms with Gasteiger partial charge in [0.25, 0.3) is 0 Å². The minimum absolute atomic E-state index is 0.0149. The van der Waals surface area contributed by atoms with Gasteiger partial charge in [-0.1, -0.05) is 12.1 Å². The second kappa shape index (κ2) is 5.19. The van der Waals surface area contributed by atoms with E-state index < -0.39 is 0 Å². The van der Waals surface area contributed by atoms with E-state index in [4.69, 9.17) is 16.3 Å². The van der Waals surface area contributed by atoms with Crippen molar-refractivity contribution in [2.24, 2.45) is 0 Å². The Morgan fingerprint density at radius 1 is 1.33 bits per heavy atom. The molecule has 0 bridgehead atoms. The lowest BCUT2D eigenvalue weighted by atomic mass is 9.90. The Bertz CT molecular complexity index is 823. The Morgan fingerprint density at radius 2 is 2.08 bits per heavy atom. The third-order valence-corrected chi connectivity index (χ3v) is 5.66. The molecule has 4 rings (SSSR count). The molecule has 0 unspecified atom stereocenters. The van der Waals surface area contributed by atoms with Crippen molar-refractivity contribution in [2.75, 3.05) is 18.1 Å². The maximum Gasteiger partial charge on any atom is 0.130 e. The third-order valence-electron chi connectivity index (χ3n) is 5.36. The van der Waals surface area contributed by atoms with Crippen LogP contribution in [-0.2, 0) is 6.42 Å². The van der Waals surface area contributed by atoms with Gasteiger partial charge in [0.05, 0.1) is 6.61 Å². The van der Waals surface area contributed by atoms with Gasteiger partial charge in [0, 0.05) is 52.3 Å². The van der Waals surface area contributed by atoms with Crippen LogP contribution in [0.2, 0.25) is 0 Å². The van der Waals surface area contributed by atoms with Gasteiger partial charge in [-0.25, -0.2) is 0 Å². The zero-order chi connectivity index (χ0) is 17.2. The molecule has 2 aliphatic rings. The molecule has 0 aliphatic carbocycles. The smallest absolute Gasteiger partial charge is 0.130 e.